The van der Waals surface area contributed by atoms with Gasteiger partial charge in [-0.05, 0) is 30.2 Å². The van der Waals surface area contributed by atoms with Gasteiger partial charge < -0.3 is 19.7 Å². The maximum atomic E-state index is 12.9. The highest BCUT2D eigenvalue weighted by Crippen LogP contribution is 2.38. The third-order valence-corrected chi connectivity index (χ3v) is 5.01. The number of rotatable bonds is 4. The summed E-state index contributed by atoms with van der Waals surface area (Å²) >= 11 is 0. The van der Waals surface area contributed by atoms with Crippen LogP contribution >= 0.6 is 0 Å². The largest absolute Gasteiger partial charge is 0.454 e. The number of Topliss-reactive ketones (excluding diaryl/α,β-unsaturated/α-hetero) is 1. The van der Waals surface area contributed by atoms with Gasteiger partial charge in [-0.2, -0.15) is 0 Å². The van der Waals surface area contributed by atoms with Crippen molar-refractivity contribution in [2.75, 3.05) is 12.1 Å². The molecule has 1 atom stereocenters. The number of anilines is 1. The van der Waals surface area contributed by atoms with Crippen LogP contribution in [0, 0.1) is 0 Å². The Kier molecular flexibility index (Phi) is 4.80. The van der Waals surface area contributed by atoms with Crippen LogP contribution in [0.5, 0.6) is 11.5 Å². The summed E-state index contributed by atoms with van der Waals surface area (Å²) in [6.45, 7) is 2.96. The molecular weight excluding hydrogens is 372 g/mol. The number of fused-ring (bicyclic) bond motifs is 2. The fourth-order valence-electron chi connectivity index (χ4n) is 3.63. The second kappa shape index (κ2) is 7.43. The fraction of sp³-hybridized carbons (Fsp3) is 0.227. The summed E-state index contributed by atoms with van der Waals surface area (Å²) in [7, 11) is 0. The molecule has 0 radical (unpaired) electrons. The van der Waals surface area contributed by atoms with Crippen LogP contribution in [-0.4, -0.2) is 29.3 Å². The van der Waals surface area contributed by atoms with E-state index in [4.69, 9.17) is 9.47 Å². The number of ether oxygens (including phenoxy) is 2. The van der Waals surface area contributed by atoms with Gasteiger partial charge in [-0.15, -0.1) is 0 Å². The molecule has 0 aliphatic carbocycles. The molecule has 7 nitrogen and oxygen atoms in total. The van der Waals surface area contributed by atoms with Crippen LogP contribution < -0.4 is 14.8 Å². The Hall–Kier alpha value is -3.61. The summed E-state index contributed by atoms with van der Waals surface area (Å²) in [5.74, 6) is 0.285. The topological polar surface area (TPSA) is 84.9 Å². The average Bonchev–Trinajstić information content (AvgIpc) is 3.14. The molecule has 2 aromatic carbocycles. The van der Waals surface area contributed by atoms with Crippen molar-refractivity contribution in [3.05, 3.63) is 59.3 Å². The number of hydrogen-bond donors (Lipinski definition) is 1. The van der Waals surface area contributed by atoms with E-state index in [9.17, 15) is 14.4 Å². The van der Waals surface area contributed by atoms with Crippen molar-refractivity contribution in [3.63, 3.8) is 0 Å². The van der Waals surface area contributed by atoms with E-state index < -0.39 is 6.04 Å². The third kappa shape index (κ3) is 3.59. The molecular formula is C22H20N2O5. The van der Waals surface area contributed by atoms with Crippen LogP contribution in [-0.2, 0) is 9.59 Å². The molecule has 0 bridgehead atoms. The fourth-order valence-corrected chi connectivity index (χ4v) is 3.63. The lowest BCUT2D eigenvalue weighted by Crippen LogP contribution is -2.33. The zero-order valence-corrected chi connectivity index (χ0v) is 16.1. The van der Waals surface area contributed by atoms with Crippen molar-refractivity contribution in [1.82, 2.24) is 4.90 Å². The first-order chi connectivity index (χ1) is 13.9. The van der Waals surface area contributed by atoms with Gasteiger partial charge >= 0.3 is 0 Å². The van der Waals surface area contributed by atoms with Gasteiger partial charge in [-0.25, -0.2) is 0 Å². The lowest BCUT2D eigenvalue weighted by Gasteiger charge is -2.32. The molecule has 0 saturated carbocycles. The first kappa shape index (κ1) is 18.7. The smallest absolute Gasteiger partial charge is 0.231 e. The highest BCUT2D eigenvalue weighted by Gasteiger charge is 2.29. The Morgan fingerprint density at radius 2 is 1.83 bits per heavy atom. The first-order valence-corrected chi connectivity index (χ1v) is 9.24. The summed E-state index contributed by atoms with van der Waals surface area (Å²) in [6, 6.07) is 10.4. The van der Waals surface area contributed by atoms with Crippen LogP contribution in [0.15, 0.2) is 42.6 Å². The van der Waals surface area contributed by atoms with E-state index in [0.29, 0.717) is 22.7 Å². The van der Waals surface area contributed by atoms with E-state index >= 15 is 0 Å². The lowest BCUT2D eigenvalue weighted by atomic mass is 9.93. The van der Waals surface area contributed by atoms with E-state index in [2.05, 4.69) is 5.32 Å². The number of nitrogens with one attached hydrogen (secondary N) is 1. The molecule has 0 saturated heterocycles. The molecule has 1 N–H and O–H groups in total. The van der Waals surface area contributed by atoms with Gasteiger partial charge in [0.1, 0.15) is 0 Å². The number of amides is 2. The molecule has 0 aromatic heterocycles. The third-order valence-electron chi connectivity index (χ3n) is 5.01. The second-order valence-electron chi connectivity index (χ2n) is 6.95. The van der Waals surface area contributed by atoms with Crippen molar-refractivity contribution in [3.8, 4) is 11.5 Å². The Labute approximate surface area is 167 Å². The van der Waals surface area contributed by atoms with E-state index in [1.54, 1.807) is 23.2 Å². The van der Waals surface area contributed by atoms with Crippen molar-refractivity contribution in [2.24, 2.45) is 0 Å². The zero-order valence-electron chi connectivity index (χ0n) is 16.1. The predicted octanol–water partition coefficient (Wildman–Crippen LogP) is 3.52. The molecule has 148 valence electrons. The molecule has 2 heterocycles. The van der Waals surface area contributed by atoms with Gasteiger partial charge in [0.25, 0.3) is 0 Å². The molecule has 7 heteroatoms. The summed E-state index contributed by atoms with van der Waals surface area (Å²) < 4.78 is 10.7. The Balaban J connectivity index is 1.60. The second-order valence-corrected chi connectivity index (χ2v) is 6.95. The van der Waals surface area contributed by atoms with Gasteiger partial charge in [0.15, 0.2) is 17.3 Å². The predicted molar refractivity (Wildman–Crippen MR) is 107 cm³/mol. The van der Waals surface area contributed by atoms with Crippen LogP contribution in [0.1, 0.15) is 47.8 Å². The molecule has 2 aliphatic heterocycles. The van der Waals surface area contributed by atoms with Crippen molar-refractivity contribution in [1.29, 1.82) is 0 Å². The van der Waals surface area contributed by atoms with Crippen molar-refractivity contribution < 1.29 is 23.9 Å². The molecule has 4 rings (SSSR count). The molecule has 0 fully saturated rings. The van der Waals surface area contributed by atoms with E-state index in [0.717, 1.165) is 11.1 Å². The van der Waals surface area contributed by atoms with Crippen LogP contribution in [0.2, 0.25) is 0 Å². The van der Waals surface area contributed by atoms with Crippen LogP contribution in [0.4, 0.5) is 5.69 Å². The SMILES string of the molecule is CC(=O)c1cc2c(cc1NC(=O)C[C@H]1c3ccccc3C=CN1C(C)=O)OCO2. The maximum Gasteiger partial charge on any atom is 0.231 e. The van der Waals surface area contributed by atoms with Gasteiger partial charge in [-0.1, -0.05) is 24.3 Å². The monoisotopic (exact) mass is 392 g/mol. The molecule has 0 unspecified atom stereocenters. The number of carbonyl (C=O) groups excluding carboxylic acids is 3. The summed E-state index contributed by atoms with van der Waals surface area (Å²) in [6.07, 6.45) is 3.60. The molecule has 2 aliphatic rings. The van der Waals surface area contributed by atoms with E-state index in [1.807, 2.05) is 30.3 Å². The minimum atomic E-state index is -0.427. The highest BCUT2D eigenvalue weighted by atomic mass is 16.7. The van der Waals surface area contributed by atoms with Gasteiger partial charge in [0, 0.05) is 24.8 Å². The van der Waals surface area contributed by atoms with E-state index in [1.165, 1.54) is 13.8 Å². The number of ketones is 1. The quantitative estimate of drug-likeness (QED) is 0.805. The number of carbonyl (C=O) groups is 3. The molecule has 0 spiro atoms. The molecule has 29 heavy (non-hydrogen) atoms. The van der Waals surface area contributed by atoms with Crippen LogP contribution in [0.25, 0.3) is 6.08 Å². The highest BCUT2D eigenvalue weighted by molar-refractivity contribution is 6.04. The summed E-state index contributed by atoms with van der Waals surface area (Å²) in [5.41, 5.74) is 2.57. The van der Waals surface area contributed by atoms with Gasteiger partial charge in [0.05, 0.1) is 18.2 Å². The average molecular weight is 392 g/mol. The normalized spacial score (nSPS) is 16.3. The van der Waals surface area contributed by atoms with Crippen LogP contribution in [0.3, 0.4) is 0 Å². The van der Waals surface area contributed by atoms with Crippen molar-refractivity contribution >= 4 is 29.4 Å². The van der Waals surface area contributed by atoms with Gasteiger partial charge in [-0.3, -0.25) is 14.4 Å². The standard InChI is InChI=1S/C22H20N2O5/c1-13(25)17-9-20-21(29-12-28-20)10-18(17)23-22(27)11-19-16-6-4-3-5-15(16)7-8-24(19)14(2)26/h3-10,19H,11-12H2,1-2H3,(H,23,27)/t19-/m0/s1. The number of hydrogen-bond acceptors (Lipinski definition) is 5. The minimum Gasteiger partial charge on any atom is -0.454 e. The number of nitrogens with zero attached hydrogens (tertiary/aromatic N) is 1. The number of benzene rings is 2. The summed E-state index contributed by atoms with van der Waals surface area (Å²) in [5, 5.41) is 2.80. The van der Waals surface area contributed by atoms with E-state index in [-0.39, 0.29) is 30.8 Å². The maximum absolute atomic E-state index is 12.9. The van der Waals surface area contributed by atoms with Gasteiger partial charge in [0.2, 0.25) is 18.6 Å². The first-order valence-electron chi connectivity index (χ1n) is 9.24. The summed E-state index contributed by atoms with van der Waals surface area (Å²) in [4.78, 5) is 38.6. The lowest BCUT2D eigenvalue weighted by molar-refractivity contribution is -0.129. The molecule has 2 amide bonds. The Bertz CT molecular complexity index is 1040. The minimum absolute atomic E-state index is 0.0483. The Morgan fingerprint density at radius 3 is 2.55 bits per heavy atom. The van der Waals surface area contributed by atoms with Crippen molar-refractivity contribution in [2.45, 2.75) is 26.3 Å². The Morgan fingerprint density at radius 1 is 1.10 bits per heavy atom. The molecule has 2 aromatic rings. The zero-order chi connectivity index (χ0) is 20.5.